The summed E-state index contributed by atoms with van der Waals surface area (Å²) < 4.78 is 8.54. The quantitative estimate of drug-likeness (QED) is 0.464. The smallest absolute Gasteiger partial charge is 0.511 e. The Labute approximate surface area is 84.5 Å². The van der Waals surface area contributed by atoms with Crippen molar-refractivity contribution in [3.63, 3.8) is 0 Å². The number of nitro groups is 1. The molecule has 0 bridgehead atoms. The second kappa shape index (κ2) is 4.80. The van der Waals surface area contributed by atoms with Crippen molar-refractivity contribution in [1.29, 1.82) is 0 Å². The fraction of sp³-hybridized carbons (Fsp3) is 0. The number of hydrogen-bond acceptors (Lipinski definition) is 5. The number of rotatable bonds is 4. The van der Waals surface area contributed by atoms with Crippen molar-refractivity contribution in [2.45, 2.75) is 0 Å². The third-order valence-corrected chi connectivity index (χ3v) is 1.49. The van der Waals surface area contributed by atoms with E-state index in [0.29, 0.717) is 0 Å². The molecule has 0 atom stereocenters. The number of halogens is 1. The lowest BCUT2D eigenvalue weighted by Gasteiger charge is -2.04. The summed E-state index contributed by atoms with van der Waals surface area (Å²) in [6.07, 6.45) is 0. The molecular formula is C6H5BClNO5. The van der Waals surface area contributed by atoms with E-state index in [4.69, 9.17) is 16.9 Å². The van der Waals surface area contributed by atoms with Gasteiger partial charge in [0.2, 0.25) is 0 Å². The highest BCUT2D eigenvalue weighted by atomic mass is 35.5. The van der Waals surface area contributed by atoms with Gasteiger partial charge >= 0.3 is 7.32 Å². The minimum atomic E-state index is -1.65. The highest BCUT2D eigenvalue weighted by molar-refractivity contribution is 6.42. The number of benzene rings is 1. The Bertz CT molecular complexity index is 336. The van der Waals surface area contributed by atoms with Gasteiger partial charge in [0.15, 0.2) is 0 Å². The molecule has 14 heavy (non-hydrogen) atoms. The maximum atomic E-state index is 10.3. The van der Waals surface area contributed by atoms with Crippen LogP contribution in [-0.4, -0.2) is 17.3 Å². The van der Waals surface area contributed by atoms with Gasteiger partial charge in [-0.2, -0.15) is 0 Å². The predicted octanol–water partition coefficient (Wildman–Crippen LogP) is 1.12. The first-order valence-corrected chi connectivity index (χ1v) is 3.81. The van der Waals surface area contributed by atoms with Crippen LogP contribution >= 0.6 is 11.9 Å². The molecule has 0 spiro atoms. The monoisotopic (exact) mass is 217 g/mol. The third-order valence-electron chi connectivity index (χ3n) is 1.34. The Hall–Kier alpha value is -1.31. The van der Waals surface area contributed by atoms with Crippen molar-refractivity contribution in [2.24, 2.45) is 0 Å². The van der Waals surface area contributed by atoms with Crippen LogP contribution in [0.2, 0.25) is 0 Å². The van der Waals surface area contributed by atoms with Gasteiger partial charge in [0, 0.05) is 17.9 Å². The molecule has 0 aliphatic rings. The highest BCUT2D eigenvalue weighted by Crippen LogP contribution is 2.19. The first-order chi connectivity index (χ1) is 6.63. The molecule has 0 heterocycles. The van der Waals surface area contributed by atoms with Gasteiger partial charge in [-0.1, -0.05) is 6.07 Å². The van der Waals surface area contributed by atoms with Crippen LogP contribution in [0, 0.1) is 10.1 Å². The summed E-state index contributed by atoms with van der Waals surface area (Å²) in [5.41, 5.74) is -0.149. The molecule has 0 aliphatic carbocycles. The summed E-state index contributed by atoms with van der Waals surface area (Å²) in [5.74, 6) is 0.0901. The fourth-order valence-corrected chi connectivity index (χ4v) is 0.841. The summed E-state index contributed by atoms with van der Waals surface area (Å²) >= 11 is 4.80. The van der Waals surface area contributed by atoms with Gasteiger partial charge in [-0.05, 0) is 6.07 Å². The van der Waals surface area contributed by atoms with Crippen LogP contribution < -0.4 is 4.65 Å². The molecule has 0 amide bonds. The molecule has 0 aromatic heterocycles. The lowest BCUT2D eigenvalue weighted by atomic mass is 10.2. The van der Waals surface area contributed by atoms with Crippen LogP contribution in [-0.2, 0) is 4.21 Å². The Kier molecular flexibility index (Phi) is 3.69. The van der Waals surface area contributed by atoms with Crippen LogP contribution in [0.5, 0.6) is 5.75 Å². The van der Waals surface area contributed by atoms with Crippen molar-refractivity contribution in [3.05, 3.63) is 34.4 Å². The number of non-ortho nitro benzene ring substituents is 1. The zero-order valence-corrected chi connectivity index (χ0v) is 7.55. The first-order valence-electron chi connectivity index (χ1n) is 3.50. The molecule has 1 aromatic rings. The average Bonchev–Trinajstić information content (AvgIpc) is 2.18. The van der Waals surface area contributed by atoms with Gasteiger partial charge in [-0.3, -0.25) is 14.3 Å². The standard InChI is InChI=1S/C6H5BClNO5/c8-14-7(10)13-6-3-1-2-5(4-6)9(11)12/h1-4,10H. The lowest BCUT2D eigenvalue weighted by Crippen LogP contribution is -2.21. The van der Waals surface area contributed by atoms with E-state index in [1.807, 2.05) is 0 Å². The highest BCUT2D eigenvalue weighted by Gasteiger charge is 2.18. The molecule has 1 rings (SSSR count). The van der Waals surface area contributed by atoms with Crippen LogP contribution in [0.25, 0.3) is 0 Å². The largest absolute Gasteiger partial charge is 0.727 e. The molecule has 1 aromatic carbocycles. The summed E-state index contributed by atoms with van der Waals surface area (Å²) in [5, 5.41) is 19.1. The molecule has 0 unspecified atom stereocenters. The Balaban J connectivity index is 2.78. The predicted molar refractivity (Wildman–Crippen MR) is 48.6 cm³/mol. The zero-order chi connectivity index (χ0) is 10.6. The van der Waals surface area contributed by atoms with Gasteiger partial charge < -0.3 is 9.68 Å². The van der Waals surface area contributed by atoms with Crippen LogP contribution in [0.3, 0.4) is 0 Å². The van der Waals surface area contributed by atoms with Crippen LogP contribution in [0.15, 0.2) is 24.3 Å². The molecule has 0 aliphatic heterocycles. The maximum absolute atomic E-state index is 10.3. The molecule has 0 fully saturated rings. The van der Waals surface area contributed by atoms with E-state index in [1.165, 1.54) is 18.2 Å². The van der Waals surface area contributed by atoms with E-state index in [9.17, 15) is 10.1 Å². The minimum absolute atomic E-state index is 0.0901. The second-order valence-electron chi connectivity index (χ2n) is 2.27. The van der Waals surface area contributed by atoms with E-state index in [2.05, 4.69) is 8.86 Å². The van der Waals surface area contributed by atoms with Crippen molar-refractivity contribution in [2.75, 3.05) is 0 Å². The topological polar surface area (TPSA) is 81.8 Å². The number of hydrogen-bond donors (Lipinski definition) is 1. The third kappa shape index (κ3) is 2.88. The van der Waals surface area contributed by atoms with Crippen molar-refractivity contribution < 1.29 is 18.8 Å². The minimum Gasteiger partial charge on any atom is -0.511 e. The van der Waals surface area contributed by atoms with Gasteiger partial charge in [0.05, 0.1) is 11.0 Å². The van der Waals surface area contributed by atoms with Crippen molar-refractivity contribution in [1.82, 2.24) is 0 Å². The molecule has 8 heteroatoms. The second-order valence-corrected chi connectivity index (χ2v) is 2.45. The van der Waals surface area contributed by atoms with E-state index in [-0.39, 0.29) is 11.4 Å². The molecule has 0 radical (unpaired) electrons. The van der Waals surface area contributed by atoms with E-state index in [0.717, 1.165) is 6.07 Å². The molecule has 74 valence electrons. The first kappa shape index (κ1) is 10.8. The van der Waals surface area contributed by atoms with Gasteiger partial charge in [-0.25, -0.2) is 0 Å². The molecule has 0 saturated carbocycles. The van der Waals surface area contributed by atoms with Gasteiger partial charge in [0.25, 0.3) is 5.69 Å². The molecular weight excluding hydrogens is 212 g/mol. The normalized spacial score (nSPS) is 9.57. The van der Waals surface area contributed by atoms with Gasteiger partial charge in [0.1, 0.15) is 5.75 Å². The Morgan fingerprint density at radius 2 is 2.29 bits per heavy atom. The Morgan fingerprint density at radius 3 is 2.86 bits per heavy atom. The summed E-state index contributed by atoms with van der Waals surface area (Å²) in [6.45, 7) is 0. The van der Waals surface area contributed by atoms with E-state index >= 15 is 0 Å². The molecule has 6 nitrogen and oxygen atoms in total. The maximum Gasteiger partial charge on any atom is 0.727 e. The number of nitrogens with zero attached hydrogens (tertiary/aromatic N) is 1. The molecule has 1 N–H and O–H groups in total. The van der Waals surface area contributed by atoms with Crippen LogP contribution in [0.4, 0.5) is 5.69 Å². The molecule has 0 saturated heterocycles. The van der Waals surface area contributed by atoms with E-state index < -0.39 is 12.2 Å². The van der Waals surface area contributed by atoms with E-state index in [1.54, 1.807) is 0 Å². The zero-order valence-electron chi connectivity index (χ0n) is 6.79. The van der Waals surface area contributed by atoms with Gasteiger partial charge in [-0.15, -0.1) is 0 Å². The summed E-state index contributed by atoms with van der Waals surface area (Å²) in [4.78, 5) is 9.76. The fourth-order valence-electron chi connectivity index (χ4n) is 0.805. The SMILES string of the molecule is O=[N+]([O-])c1cccc(OB(O)OCl)c1. The average molecular weight is 217 g/mol. The Morgan fingerprint density at radius 1 is 1.57 bits per heavy atom. The number of nitro benzene ring substituents is 1. The van der Waals surface area contributed by atoms with Crippen molar-refractivity contribution in [3.8, 4) is 5.75 Å². The summed E-state index contributed by atoms with van der Waals surface area (Å²) in [7, 11) is -1.65. The lowest BCUT2D eigenvalue weighted by molar-refractivity contribution is -0.384. The van der Waals surface area contributed by atoms with Crippen LogP contribution in [0.1, 0.15) is 0 Å². The van der Waals surface area contributed by atoms with Crippen molar-refractivity contribution >= 4 is 24.9 Å². The summed E-state index contributed by atoms with van der Waals surface area (Å²) in [6, 6.07) is 5.26.